The third kappa shape index (κ3) is 5.04. The number of nitrogens with one attached hydrogen (secondary N) is 1. The van der Waals surface area contributed by atoms with Crippen molar-refractivity contribution in [3.63, 3.8) is 0 Å². The Morgan fingerprint density at radius 3 is 2.61 bits per heavy atom. The zero-order valence-electron chi connectivity index (χ0n) is 13.1. The Balaban J connectivity index is 1.66. The van der Waals surface area contributed by atoms with Gasteiger partial charge in [-0.15, -0.1) is 0 Å². The molecule has 0 spiro atoms. The minimum absolute atomic E-state index is 0.0672. The number of hydrogen-bond acceptors (Lipinski definition) is 6. The number of nitrogens with zero attached hydrogens (tertiary/aromatic N) is 2. The molecule has 2 amide bonds. The van der Waals surface area contributed by atoms with Crippen molar-refractivity contribution in [2.24, 2.45) is 0 Å². The number of piperazine rings is 1. The monoisotopic (exact) mass is 339 g/mol. The zero-order chi connectivity index (χ0) is 16.7. The van der Waals surface area contributed by atoms with Crippen molar-refractivity contribution in [1.82, 2.24) is 15.1 Å². The maximum atomic E-state index is 11.8. The first-order chi connectivity index (χ1) is 11.1. The van der Waals surface area contributed by atoms with E-state index in [4.69, 9.17) is 4.74 Å². The molecule has 0 atom stereocenters. The van der Waals surface area contributed by atoms with E-state index in [1.165, 1.54) is 16.2 Å². The number of thiophene rings is 1. The fourth-order valence-electron chi connectivity index (χ4n) is 2.32. The number of rotatable bonds is 5. The quantitative estimate of drug-likeness (QED) is 0.612. The molecule has 1 aromatic rings. The molecule has 1 N–H and O–H groups in total. The summed E-state index contributed by atoms with van der Waals surface area (Å²) < 4.78 is 4.72. The molecule has 1 aliphatic heterocycles. The van der Waals surface area contributed by atoms with E-state index in [1.807, 2.05) is 10.8 Å². The molecule has 1 aromatic heterocycles. The summed E-state index contributed by atoms with van der Waals surface area (Å²) >= 11 is 1.49. The summed E-state index contributed by atoms with van der Waals surface area (Å²) in [6.07, 6.45) is 0. The smallest absolute Gasteiger partial charge is 0.397 e. The van der Waals surface area contributed by atoms with Crippen molar-refractivity contribution < 1.29 is 19.1 Å². The molecule has 2 rings (SSSR count). The van der Waals surface area contributed by atoms with Gasteiger partial charge in [0.05, 0.1) is 6.61 Å². The van der Waals surface area contributed by atoms with Gasteiger partial charge < -0.3 is 15.0 Å². The molecule has 1 aliphatic rings. The first-order valence-corrected chi connectivity index (χ1v) is 8.55. The minimum atomic E-state index is -0.788. The number of ether oxygens (including phenoxy) is 1. The van der Waals surface area contributed by atoms with Crippen LogP contribution in [0.4, 0.5) is 0 Å². The van der Waals surface area contributed by atoms with E-state index < -0.39 is 11.9 Å². The molecule has 0 aromatic carbocycles. The summed E-state index contributed by atoms with van der Waals surface area (Å²) in [7, 11) is 0. The fourth-order valence-corrected chi connectivity index (χ4v) is 2.96. The maximum absolute atomic E-state index is 11.8. The zero-order valence-corrected chi connectivity index (χ0v) is 13.9. The van der Waals surface area contributed by atoms with Crippen LogP contribution in [0.1, 0.15) is 17.3 Å². The lowest BCUT2D eigenvalue weighted by Gasteiger charge is -2.34. The van der Waals surface area contributed by atoms with Crippen LogP contribution >= 0.6 is 11.3 Å². The molecule has 1 fully saturated rings. The van der Waals surface area contributed by atoms with E-state index >= 15 is 0 Å². The molecule has 1 saturated heterocycles. The van der Waals surface area contributed by atoms with Crippen LogP contribution in [-0.4, -0.2) is 73.5 Å². The highest BCUT2D eigenvalue weighted by Crippen LogP contribution is 2.05. The molecular formula is C15H21N3O4S. The van der Waals surface area contributed by atoms with E-state index in [9.17, 15) is 14.4 Å². The average Bonchev–Trinajstić information content (AvgIpc) is 3.09. The van der Waals surface area contributed by atoms with Crippen LogP contribution in [0, 0.1) is 0 Å². The molecular weight excluding hydrogens is 318 g/mol. The summed E-state index contributed by atoms with van der Waals surface area (Å²) in [5.74, 6) is -1.43. The summed E-state index contributed by atoms with van der Waals surface area (Å²) in [5.41, 5.74) is 0.680. The number of amides is 2. The topological polar surface area (TPSA) is 79.0 Å². The van der Waals surface area contributed by atoms with Gasteiger partial charge in [-0.3, -0.25) is 14.5 Å². The van der Waals surface area contributed by atoms with E-state index in [1.54, 1.807) is 13.0 Å². The van der Waals surface area contributed by atoms with Gasteiger partial charge in [0, 0.05) is 50.2 Å². The Morgan fingerprint density at radius 2 is 2.00 bits per heavy atom. The van der Waals surface area contributed by atoms with Crippen LogP contribution in [-0.2, 0) is 14.3 Å². The van der Waals surface area contributed by atoms with Crippen LogP contribution < -0.4 is 5.32 Å². The van der Waals surface area contributed by atoms with Crippen LogP contribution in [0.25, 0.3) is 0 Å². The first kappa shape index (κ1) is 17.4. The van der Waals surface area contributed by atoms with Crippen molar-refractivity contribution in [2.45, 2.75) is 6.92 Å². The van der Waals surface area contributed by atoms with Crippen LogP contribution in [0.15, 0.2) is 16.8 Å². The van der Waals surface area contributed by atoms with Gasteiger partial charge in [-0.1, -0.05) is 0 Å². The number of hydrogen-bond donors (Lipinski definition) is 1. The molecule has 2 heterocycles. The van der Waals surface area contributed by atoms with Gasteiger partial charge >= 0.3 is 11.9 Å². The molecule has 126 valence electrons. The van der Waals surface area contributed by atoms with E-state index in [-0.39, 0.29) is 12.5 Å². The molecule has 8 heteroatoms. The molecule has 0 bridgehead atoms. The van der Waals surface area contributed by atoms with Crippen molar-refractivity contribution in [3.05, 3.63) is 22.4 Å². The number of esters is 1. The lowest BCUT2D eigenvalue weighted by Crippen LogP contribution is -2.52. The third-order valence-corrected chi connectivity index (χ3v) is 4.29. The summed E-state index contributed by atoms with van der Waals surface area (Å²) in [6.45, 7) is 5.50. The first-order valence-electron chi connectivity index (χ1n) is 7.60. The Hall–Kier alpha value is -1.93. The Morgan fingerprint density at radius 1 is 1.26 bits per heavy atom. The predicted molar refractivity (Wildman–Crippen MR) is 86.3 cm³/mol. The lowest BCUT2D eigenvalue weighted by molar-refractivity contribution is -0.160. The van der Waals surface area contributed by atoms with Crippen molar-refractivity contribution >= 4 is 29.1 Å². The Labute approximate surface area is 139 Å². The van der Waals surface area contributed by atoms with Crippen molar-refractivity contribution in [3.8, 4) is 0 Å². The van der Waals surface area contributed by atoms with E-state index in [0.717, 1.165) is 6.54 Å². The SMILES string of the molecule is CCOC(=O)C(=O)N1CCN(CCNC(=O)c2ccsc2)CC1. The molecule has 23 heavy (non-hydrogen) atoms. The molecule has 7 nitrogen and oxygen atoms in total. The molecule has 0 unspecified atom stereocenters. The van der Waals surface area contributed by atoms with Crippen molar-refractivity contribution in [2.75, 3.05) is 45.9 Å². The van der Waals surface area contributed by atoms with Crippen LogP contribution in [0.3, 0.4) is 0 Å². The fraction of sp³-hybridized carbons (Fsp3) is 0.533. The largest absolute Gasteiger partial charge is 0.459 e. The summed E-state index contributed by atoms with van der Waals surface area (Å²) in [5, 5.41) is 6.56. The minimum Gasteiger partial charge on any atom is -0.459 e. The van der Waals surface area contributed by atoms with Gasteiger partial charge in [-0.2, -0.15) is 11.3 Å². The van der Waals surface area contributed by atoms with E-state index in [2.05, 4.69) is 10.2 Å². The molecule has 0 saturated carbocycles. The van der Waals surface area contributed by atoms with Crippen LogP contribution in [0.2, 0.25) is 0 Å². The van der Waals surface area contributed by atoms with Gasteiger partial charge in [0.25, 0.3) is 5.91 Å². The van der Waals surface area contributed by atoms with Crippen LogP contribution in [0.5, 0.6) is 0 Å². The van der Waals surface area contributed by atoms with E-state index in [0.29, 0.717) is 38.3 Å². The maximum Gasteiger partial charge on any atom is 0.397 e. The lowest BCUT2D eigenvalue weighted by atomic mass is 10.3. The second-order valence-electron chi connectivity index (χ2n) is 5.12. The van der Waals surface area contributed by atoms with Gasteiger partial charge in [0.2, 0.25) is 0 Å². The normalized spacial score (nSPS) is 15.3. The Kier molecular flexibility index (Phi) is 6.54. The number of carbonyl (C=O) groups is 3. The molecule has 0 radical (unpaired) electrons. The standard InChI is InChI=1S/C15H21N3O4S/c1-2-22-15(21)14(20)18-8-6-17(7-9-18)5-4-16-13(19)12-3-10-23-11-12/h3,10-11H,2,4-9H2,1H3,(H,16,19). The number of carbonyl (C=O) groups excluding carboxylic acids is 3. The van der Waals surface area contributed by atoms with Crippen molar-refractivity contribution in [1.29, 1.82) is 0 Å². The molecule has 0 aliphatic carbocycles. The van der Waals surface area contributed by atoms with Gasteiger partial charge in [0.15, 0.2) is 0 Å². The second kappa shape index (κ2) is 8.64. The predicted octanol–water partition coefficient (Wildman–Crippen LogP) is 0.185. The van der Waals surface area contributed by atoms with Gasteiger partial charge in [0.1, 0.15) is 0 Å². The van der Waals surface area contributed by atoms with Gasteiger partial charge in [-0.25, -0.2) is 4.79 Å². The summed E-state index contributed by atoms with van der Waals surface area (Å²) in [4.78, 5) is 38.7. The Bertz CT molecular complexity index is 539. The average molecular weight is 339 g/mol. The third-order valence-electron chi connectivity index (χ3n) is 3.61. The highest BCUT2D eigenvalue weighted by Gasteiger charge is 2.26. The highest BCUT2D eigenvalue weighted by molar-refractivity contribution is 7.08. The highest BCUT2D eigenvalue weighted by atomic mass is 32.1. The van der Waals surface area contributed by atoms with Gasteiger partial charge in [-0.05, 0) is 18.4 Å². The second-order valence-corrected chi connectivity index (χ2v) is 5.90. The summed E-state index contributed by atoms with van der Waals surface area (Å²) in [6, 6.07) is 1.79.